The summed E-state index contributed by atoms with van der Waals surface area (Å²) in [5.41, 5.74) is 0.102. The molecule has 2 N–H and O–H groups in total. The average molecular weight is 278 g/mol. The van der Waals surface area contributed by atoms with Gasteiger partial charge in [-0.1, -0.05) is 5.92 Å². The number of aromatic carboxylic acids is 1. The van der Waals surface area contributed by atoms with E-state index in [-0.39, 0.29) is 18.1 Å². The van der Waals surface area contributed by atoms with Crippen molar-refractivity contribution in [2.75, 3.05) is 18.4 Å². The molecule has 0 aromatic carbocycles. The minimum absolute atomic E-state index is 0.102. The van der Waals surface area contributed by atoms with Gasteiger partial charge in [0.25, 0.3) is 0 Å². The molecule has 1 aliphatic rings. The van der Waals surface area contributed by atoms with Crippen LogP contribution >= 0.6 is 11.3 Å². The Morgan fingerprint density at radius 2 is 2.32 bits per heavy atom. The lowest BCUT2D eigenvalue weighted by Gasteiger charge is -2.20. The van der Waals surface area contributed by atoms with Crippen molar-refractivity contribution in [1.82, 2.24) is 4.90 Å². The minimum Gasteiger partial charge on any atom is -0.478 e. The summed E-state index contributed by atoms with van der Waals surface area (Å²) in [6.07, 6.45) is 7.49. The molecule has 1 aromatic heterocycles. The summed E-state index contributed by atoms with van der Waals surface area (Å²) in [4.78, 5) is 24.6. The van der Waals surface area contributed by atoms with E-state index in [4.69, 9.17) is 11.5 Å². The summed E-state index contributed by atoms with van der Waals surface area (Å²) in [5.74, 6) is 1.93. The van der Waals surface area contributed by atoms with Crippen molar-refractivity contribution >= 4 is 28.3 Å². The highest BCUT2D eigenvalue weighted by atomic mass is 32.1. The van der Waals surface area contributed by atoms with Crippen LogP contribution in [0.2, 0.25) is 0 Å². The molecule has 5 nitrogen and oxygen atoms in total. The highest BCUT2D eigenvalue weighted by Gasteiger charge is 2.27. The Kier molecular flexibility index (Phi) is 4.07. The number of carboxylic acid groups (broad SMARTS) is 1. The van der Waals surface area contributed by atoms with E-state index in [1.165, 1.54) is 17.4 Å². The number of nitrogens with one attached hydrogen (secondary N) is 1. The number of hydrogen-bond acceptors (Lipinski definition) is 3. The molecule has 0 aliphatic heterocycles. The second kappa shape index (κ2) is 5.76. The second-order valence-corrected chi connectivity index (χ2v) is 5.34. The Balaban J connectivity index is 2.03. The van der Waals surface area contributed by atoms with Crippen molar-refractivity contribution in [3.63, 3.8) is 0 Å². The molecule has 0 atom stereocenters. The highest BCUT2D eigenvalue weighted by Crippen LogP contribution is 2.30. The van der Waals surface area contributed by atoms with Gasteiger partial charge in [-0.3, -0.25) is 5.32 Å². The maximum Gasteiger partial charge on any atom is 0.338 e. The van der Waals surface area contributed by atoms with Gasteiger partial charge in [0.1, 0.15) is 5.00 Å². The quantitative estimate of drug-likeness (QED) is 0.812. The molecule has 6 heteroatoms. The van der Waals surface area contributed by atoms with E-state index in [0.29, 0.717) is 17.5 Å². The van der Waals surface area contributed by atoms with Gasteiger partial charge in [-0.25, -0.2) is 9.59 Å². The third-order valence-electron chi connectivity index (χ3n) is 2.86. The van der Waals surface area contributed by atoms with Gasteiger partial charge >= 0.3 is 12.0 Å². The van der Waals surface area contributed by atoms with Crippen molar-refractivity contribution in [3.05, 3.63) is 17.0 Å². The van der Waals surface area contributed by atoms with Crippen LogP contribution < -0.4 is 5.32 Å². The number of urea groups is 1. The fraction of sp³-hybridized carbons (Fsp3) is 0.385. The van der Waals surface area contributed by atoms with E-state index in [1.54, 1.807) is 10.3 Å². The number of anilines is 1. The summed E-state index contributed by atoms with van der Waals surface area (Å²) in [6.45, 7) is 0.861. The van der Waals surface area contributed by atoms with E-state index in [0.717, 1.165) is 12.8 Å². The first-order chi connectivity index (χ1) is 9.11. The largest absolute Gasteiger partial charge is 0.478 e. The van der Waals surface area contributed by atoms with Crippen molar-refractivity contribution in [2.45, 2.75) is 12.8 Å². The number of amides is 2. The zero-order chi connectivity index (χ0) is 13.8. The summed E-state index contributed by atoms with van der Waals surface area (Å²) in [5, 5.41) is 13.6. The molecule has 0 bridgehead atoms. The lowest BCUT2D eigenvalue weighted by Crippen LogP contribution is -2.36. The average Bonchev–Trinajstić information content (AvgIpc) is 3.05. The summed E-state index contributed by atoms with van der Waals surface area (Å²) >= 11 is 1.19. The van der Waals surface area contributed by atoms with Gasteiger partial charge in [-0.05, 0) is 30.2 Å². The molecular weight excluding hydrogens is 264 g/mol. The topological polar surface area (TPSA) is 69.6 Å². The molecular formula is C13H14N2O3S. The maximum atomic E-state index is 12.1. The number of carboxylic acids is 1. The standard InChI is InChI=1S/C13H14N2O3S/c1-2-6-15(8-9-3-4-9)13(18)14-11-10(12(16)17)5-7-19-11/h1,5,7,9H,3-4,6,8H2,(H,14,18)(H,16,17). The first-order valence-electron chi connectivity index (χ1n) is 5.92. The first kappa shape index (κ1) is 13.4. The number of thiophene rings is 1. The van der Waals surface area contributed by atoms with Gasteiger partial charge < -0.3 is 10.0 Å². The number of nitrogens with zero attached hydrogens (tertiary/aromatic N) is 1. The zero-order valence-corrected chi connectivity index (χ0v) is 11.1. The van der Waals surface area contributed by atoms with Crippen LogP contribution in [-0.2, 0) is 0 Å². The molecule has 100 valence electrons. The monoisotopic (exact) mass is 278 g/mol. The summed E-state index contributed by atoms with van der Waals surface area (Å²) in [6, 6.07) is 1.13. The summed E-state index contributed by atoms with van der Waals surface area (Å²) < 4.78 is 0. The second-order valence-electron chi connectivity index (χ2n) is 4.43. The van der Waals surface area contributed by atoms with Crippen LogP contribution in [0, 0.1) is 18.3 Å². The Bertz CT molecular complexity index is 528. The van der Waals surface area contributed by atoms with Crippen molar-refractivity contribution < 1.29 is 14.7 Å². The molecule has 0 radical (unpaired) electrons. The van der Waals surface area contributed by atoms with Gasteiger partial charge in [0.05, 0.1) is 12.1 Å². The molecule has 0 spiro atoms. The SMILES string of the molecule is C#CCN(CC1CC1)C(=O)Nc1sccc1C(=O)O. The fourth-order valence-corrected chi connectivity index (χ4v) is 2.46. The smallest absolute Gasteiger partial charge is 0.338 e. The fourth-order valence-electron chi connectivity index (χ4n) is 1.69. The number of rotatable bonds is 5. The molecule has 2 amide bonds. The summed E-state index contributed by atoms with van der Waals surface area (Å²) in [7, 11) is 0. The predicted molar refractivity (Wildman–Crippen MR) is 73.4 cm³/mol. The molecule has 1 heterocycles. The van der Waals surface area contributed by atoms with E-state index < -0.39 is 5.97 Å². The maximum absolute atomic E-state index is 12.1. The van der Waals surface area contributed by atoms with Crippen LogP contribution in [0.15, 0.2) is 11.4 Å². The lowest BCUT2D eigenvalue weighted by atomic mass is 10.3. The van der Waals surface area contributed by atoms with Gasteiger partial charge in [0.2, 0.25) is 0 Å². The molecule has 19 heavy (non-hydrogen) atoms. The van der Waals surface area contributed by atoms with Crippen molar-refractivity contribution in [1.29, 1.82) is 0 Å². The first-order valence-corrected chi connectivity index (χ1v) is 6.80. The van der Waals surface area contributed by atoms with E-state index >= 15 is 0 Å². The molecule has 1 fully saturated rings. The van der Waals surface area contributed by atoms with Gasteiger partial charge in [0.15, 0.2) is 0 Å². The molecule has 2 rings (SSSR count). The van der Waals surface area contributed by atoms with Crippen molar-refractivity contribution in [3.8, 4) is 12.3 Å². The van der Waals surface area contributed by atoms with E-state index in [9.17, 15) is 9.59 Å². The number of carbonyl (C=O) groups excluding carboxylic acids is 1. The van der Waals surface area contributed by atoms with Gasteiger partial charge in [-0.15, -0.1) is 17.8 Å². The molecule has 1 saturated carbocycles. The number of carbonyl (C=O) groups is 2. The molecule has 1 aromatic rings. The van der Waals surface area contributed by atoms with Gasteiger partial charge in [-0.2, -0.15) is 0 Å². The van der Waals surface area contributed by atoms with Crippen LogP contribution in [0.25, 0.3) is 0 Å². The zero-order valence-electron chi connectivity index (χ0n) is 10.3. The predicted octanol–water partition coefficient (Wildman–Crippen LogP) is 2.32. The van der Waals surface area contributed by atoms with Crippen LogP contribution in [0.4, 0.5) is 9.80 Å². The molecule has 1 aliphatic carbocycles. The van der Waals surface area contributed by atoms with Crippen LogP contribution in [0.3, 0.4) is 0 Å². The Morgan fingerprint density at radius 1 is 1.58 bits per heavy atom. The lowest BCUT2D eigenvalue weighted by molar-refractivity contribution is 0.0698. The molecule has 0 saturated heterocycles. The van der Waals surface area contributed by atoms with E-state index in [2.05, 4.69) is 11.2 Å². The third kappa shape index (κ3) is 3.48. The van der Waals surface area contributed by atoms with Crippen LogP contribution in [0.1, 0.15) is 23.2 Å². The number of hydrogen-bond donors (Lipinski definition) is 2. The van der Waals surface area contributed by atoms with Crippen LogP contribution in [0.5, 0.6) is 0 Å². The highest BCUT2D eigenvalue weighted by molar-refractivity contribution is 7.14. The third-order valence-corrected chi connectivity index (χ3v) is 3.69. The molecule has 0 unspecified atom stereocenters. The van der Waals surface area contributed by atoms with E-state index in [1.807, 2.05) is 0 Å². The Labute approximate surface area is 115 Å². The van der Waals surface area contributed by atoms with Crippen molar-refractivity contribution in [2.24, 2.45) is 5.92 Å². The number of terminal acetylenes is 1. The normalized spacial score (nSPS) is 13.6. The van der Waals surface area contributed by atoms with Crippen LogP contribution in [-0.4, -0.2) is 35.1 Å². The Hall–Kier alpha value is -2.00. The van der Waals surface area contributed by atoms with Gasteiger partial charge in [0, 0.05) is 6.54 Å². The minimum atomic E-state index is -1.05. The Morgan fingerprint density at radius 3 is 2.89 bits per heavy atom.